The summed E-state index contributed by atoms with van der Waals surface area (Å²) in [5.41, 5.74) is 0.526. The standard InChI is InChI=1S/C11H12N4O2S/c1-17-8-5-3-7(4-6-8)9(16)12-10-13-11(18-2)15-14-10/h3-6H,1-2H3,(H2,12,13,14,15,16). The van der Waals surface area contributed by atoms with E-state index in [2.05, 4.69) is 20.5 Å². The molecule has 0 aliphatic heterocycles. The van der Waals surface area contributed by atoms with Crippen LogP contribution in [0.4, 0.5) is 5.95 Å². The second-order valence-corrected chi connectivity index (χ2v) is 4.13. The zero-order chi connectivity index (χ0) is 13.0. The Balaban J connectivity index is 2.06. The maximum absolute atomic E-state index is 11.9. The summed E-state index contributed by atoms with van der Waals surface area (Å²) < 4.78 is 5.02. The first-order valence-electron chi connectivity index (χ1n) is 5.14. The fourth-order valence-electron chi connectivity index (χ4n) is 1.32. The van der Waals surface area contributed by atoms with Crippen molar-refractivity contribution in [1.82, 2.24) is 15.2 Å². The first-order chi connectivity index (χ1) is 8.72. The zero-order valence-corrected chi connectivity index (χ0v) is 10.7. The molecule has 18 heavy (non-hydrogen) atoms. The van der Waals surface area contributed by atoms with Crippen molar-refractivity contribution in [2.24, 2.45) is 0 Å². The van der Waals surface area contributed by atoms with Gasteiger partial charge in [-0.15, -0.1) is 5.10 Å². The van der Waals surface area contributed by atoms with Crippen LogP contribution in [-0.4, -0.2) is 34.5 Å². The molecule has 0 aliphatic rings. The quantitative estimate of drug-likeness (QED) is 0.823. The smallest absolute Gasteiger partial charge is 0.258 e. The van der Waals surface area contributed by atoms with Crippen LogP contribution in [0.25, 0.3) is 0 Å². The summed E-state index contributed by atoms with van der Waals surface area (Å²) in [6.45, 7) is 0. The molecule has 0 spiro atoms. The number of hydrogen-bond donors (Lipinski definition) is 2. The van der Waals surface area contributed by atoms with Gasteiger partial charge in [-0.3, -0.25) is 10.1 Å². The van der Waals surface area contributed by atoms with Crippen molar-refractivity contribution in [1.29, 1.82) is 0 Å². The van der Waals surface area contributed by atoms with E-state index in [1.807, 2.05) is 6.26 Å². The lowest BCUT2D eigenvalue weighted by atomic mass is 10.2. The minimum atomic E-state index is -0.249. The number of nitrogens with one attached hydrogen (secondary N) is 2. The van der Waals surface area contributed by atoms with Gasteiger partial charge in [-0.2, -0.15) is 4.98 Å². The highest BCUT2D eigenvalue weighted by Gasteiger charge is 2.09. The number of anilines is 1. The number of benzene rings is 1. The number of carbonyl (C=O) groups excluding carboxylic acids is 1. The molecule has 2 rings (SSSR count). The molecular weight excluding hydrogens is 252 g/mol. The van der Waals surface area contributed by atoms with Crippen LogP contribution >= 0.6 is 11.8 Å². The monoisotopic (exact) mass is 264 g/mol. The highest BCUT2D eigenvalue weighted by Crippen LogP contribution is 2.13. The molecule has 0 saturated carbocycles. The number of aromatic nitrogens is 3. The van der Waals surface area contributed by atoms with Gasteiger partial charge < -0.3 is 4.74 Å². The van der Waals surface area contributed by atoms with Crippen molar-refractivity contribution >= 4 is 23.6 Å². The molecular formula is C11H12N4O2S. The predicted octanol–water partition coefficient (Wildman–Crippen LogP) is 1.79. The molecule has 0 saturated heterocycles. The second-order valence-electron chi connectivity index (χ2n) is 3.35. The van der Waals surface area contributed by atoms with Crippen LogP contribution in [0.15, 0.2) is 29.4 Å². The SMILES string of the molecule is COc1ccc(C(=O)Nc2nc(SC)n[nH]2)cc1. The van der Waals surface area contributed by atoms with Crippen LogP contribution in [-0.2, 0) is 0 Å². The van der Waals surface area contributed by atoms with Gasteiger partial charge in [-0.25, -0.2) is 5.10 Å². The number of amides is 1. The molecule has 2 N–H and O–H groups in total. The van der Waals surface area contributed by atoms with E-state index >= 15 is 0 Å². The molecule has 0 fully saturated rings. The Hall–Kier alpha value is -2.02. The van der Waals surface area contributed by atoms with Gasteiger partial charge in [0.1, 0.15) is 5.75 Å². The number of hydrogen-bond acceptors (Lipinski definition) is 5. The molecule has 6 nitrogen and oxygen atoms in total. The first kappa shape index (κ1) is 12.4. The maximum atomic E-state index is 11.9. The fraction of sp³-hybridized carbons (Fsp3) is 0.182. The van der Waals surface area contributed by atoms with Gasteiger partial charge in [0.15, 0.2) is 0 Å². The summed E-state index contributed by atoms with van der Waals surface area (Å²) in [7, 11) is 1.58. The van der Waals surface area contributed by atoms with Crippen LogP contribution in [0.5, 0.6) is 5.75 Å². The molecule has 1 amide bonds. The number of rotatable bonds is 4. The van der Waals surface area contributed by atoms with E-state index in [-0.39, 0.29) is 5.91 Å². The van der Waals surface area contributed by atoms with Crippen LogP contribution in [0.1, 0.15) is 10.4 Å². The minimum absolute atomic E-state index is 0.249. The number of carbonyl (C=O) groups is 1. The van der Waals surface area contributed by atoms with E-state index in [0.29, 0.717) is 22.4 Å². The van der Waals surface area contributed by atoms with Crippen molar-refractivity contribution in [3.8, 4) is 5.75 Å². The van der Waals surface area contributed by atoms with Gasteiger partial charge in [0.2, 0.25) is 11.1 Å². The normalized spacial score (nSPS) is 10.1. The Kier molecular flexibility index (Phi) is 3.83. The van der Waals surface area contributed by atoms with Crippen molar-refractivity contribution in [2.75, 3.05) is 18.7 Å². The highest BCUT2D eigenvalue weighted by atomic mass is 32.2. The van der Waals surface area contributed by atoms with E-state index < -0.39 is 0 Å². The third kappa shape index (κ3) is 2.80. The zero-order valence-electron chi connectivity index (χ0n) is 9.93. The van der Waals surface area contributed by atoms with E-state index in [1.54, 1.807) is 31.4 Å². The largest absolute Gasteiger partial charge is 0.497 e. The molecule has 0 atom stereocenters. The average molecular weight is 264 g/mol. The molecule has 0 aliphatic carbocycles. The van der Waals surface area contributed by atoms with E-state index in [1.165, 1.54) is 11.8 Å². The molecule has 0 unspecified atom stereocenters. The molecule has 1 heterocycles. The summed E-state index contributed by atoms with van der Waals surface area (Å²) in [4.78, 5) is 15.9. The molecule has 1 aromatic carbocycles. The number of thioether (sulfide) groups is 1. The van der Waals surface area contributed by atoms with Crippen molar-refractivity contribution in [3.63, 3.8) is 0 Å². The van der Waals surface area contributed by atoms with Gasteiger partial charge in [-0.1, -0.05) is 11.8 Å². The van der Waals surface area contributed by atoms with Gasteiger partial charge in [-0.05, 0) is 30.5 Å². The Morgan fingerprint density at radius 3 is 2.67 bits per heavy atom. The Morgan fingerprint density at radius 2 is 2.11 bits per heavy atom. The van der Waals surface area contributed by atoms with Crippen molar-refractivity contribution in [2.45, 2.75) is 5.16 Å². The third-order valence-corrected chi connectivity index (χ3v) is 2.78. The summed E-state index contributed by atoms with van der Waals surface area (Å²) in [5, 5.41) is 9.75. The lowest BCUT2D eigenvalue weighted by molar-refractivity contribution is 0.102. The molecule has 2 aromatic rings. The van der Waals surface area contributed by atoms with Gasteiger partial charge >= 0.3 is 0 Å². The van der Waals surface area contributed by atoms with Crippen molar-refractivity contribution in [3.05, 3.63) is 29.8 Å². The summed E-state index contributed by atoms with van der Waals surface area (Å²) in [6, 6.07) is 6.81. The minimum Gasteiger partial charge on any atom is -0.497 e. The number of H-pyrrole nitrogens is 1. The van der Waals surface area contributed by atoms with E-state index in [4.69, 9.17) is 4.74 Å². The van der Waals surface area contributed by atoms with Crippen molar-refractivity contribution < 1.29 is 9.53 Å². The molecule has 94 valence electrons. The number of nitrogens with zero attached hydrogens (tertiary/aromatic N) is 2. The number of aromatic amines is 1. The van der Waals surface area contributed by atoms with Gasteiger partial charge in [0.05, 0.1) is 7.11 Å². The maximum Gasteiger partial charge on any atom is 0.258 e. The van der Waals surface area contributed by atoms with E-state index in [0.717, 1.165) is 0 Å². The summed E-state index contributed by atoms with van der Waals surface area (Å²) in [6.07, 6.45) is 1.86. The number of methoxy groups -OCH3 is 1. The molecule has 7 heteroatoms. The molecule has 1 aromatic heterocycles. The lowest BCUT2D eigenvalue weighted by Gasteiger charge is -2.03. The fourth-order valence-corrected chi connectivity index (χ4v) is 1.64. The topological polar surface area (TPSA) is 79.9 Å². The summed E-state index contributed by atoms with van der Waals surface area (Å²) in [5.74, 6) is 0.789. The lowest BCUT2D eigenvalue weighted by Crippen LogP contribution is -2.12. The average Bonchev–Trinajstić information content (AvgIpc) is 2.86. The number of ether oxygens (including phenoxy) is 1. The second kappa shape index (κ2) is 5.54. The van der Waals surface area contributed by atoms with Crippen LogP contribution < -0.4 is 10.1 Å². The Morgan fingerprint density at radius 1 is 1.39 bits per heavy atom. The van der Waals surface area contributed by atoms with E-state index in [9.17, 15) is 4.79 Å². The summed E-state index contributed by atoms with van der Waals surface area (Å²) >= 11 is 1.40. The van der Waals surface area contributed by atoms with Gasteiger partial charge in [0, 0.05) is 5.56 Å². The Labute approximate surface area is 108 Å². The van der Waals surface area contributed by atoms with Crippen LogP contribution in [0, 0.1) is 0 Å². The van der Waals surface area contributed by atoms with Crippen LogP contribution in [0.2, 0.25) is 0 Å². The van der Waals surface area contributed by atoms with Crippen LogP contribution in [0.3, 0.4) is 0 Å². The first-order valence-corrected chi connectivity index (χ1v) is 6.37. The molecule has 0 bridgehead atoms. The highest BCUT2D eigenvalue weighted by molar-refractivity contribution is 7.98. The third-order valence-electron chi connectivity index (χ3n) is 2.23. The van der Waals surface area contributed by atoms with Gasteiger partial charge in [0.25, 0.3) is 5.91 Å². The molecule has 0 radical (unpaired) electrons. The predicted molar refractivity (Wildman–Crippen MR) is 69.1 cm³/mol. The Bertz CT molecular complexity index is 538.